The first-order valence-electron chi connectivity index (χ1n) is 3.83. The van der Waals surface area contributed by atoms with Gasteiger partial charge in [0.25, 0.3) is 0 Å². The van der Waals surface area contributed by atoms with E-state index in [0.717, 1.165) is 16.7 Å². The number of rotatable bonds is 1. The molecule has 3 nitrogen and oxygen atoms in total. The van der Waals surface area contributed by atoms with Crippen molar-refractivity contribution < 1.29 is 5.11 Å². The lowest BCUT2D eigenvalue weighted by molar-refractivity contribution is 0.350. The van der Waals surface area contributed by atoms with Crippen LogP contribution in [0.25, 0.3) is 0 Å². The molecule has 14 heavy (non-hydrogen) atoms. The number of nitriles is 1. The summed E-state index contributed by atoms with van der Waals surface area (Å²) in [6.07, 6.45) is 0. The Morgan fingerprint density at radius 2 is 2.29 bits per heavy atom. The van der Waals surface area contributed by atoms with Gasteiger partial charge in [0.2, 0.25) is 0 Å². The molecule has 1 aromatic rings. The van der Waals surface area contributed by atoms with Crippen LogP contribution in [-0.4, -0.2) is 11.7 Å². The second kappa shape index (κ2) is 5.18. The molecule has 0 bridgehead atoms. The minimum atomic E-state index is -0.199. The summed E-state index contributed by atoms with van der Waals surface area (Å²) in [7, 11) is 0. The summed E-state index contributed by atoms with van der Waals surface area (Å²) in [6.45, 7) is -0.199. The predicted octanol–water partition coefficient (Wildman–Crippen LogP) is 1.19. The number of thiocyanates is 1. The third-order valence-electron chi connectivity index (χ3n) is 1.49. The van der Waals surface area contributed by atoms with Crippen LogP contribution in [0.4, 0.5) is 5.69 Å². The predicted molar refractivity (Wildman–Crippen MR) is 56.3 cm³/mol. The summed E-state index contributed by atoms with van der Waals surface area (Å²) in [4.78, 5) is 0.795. The highest BCUT2D eigenvalue weighted by molar-refractivity contribution is 8.03. The Bertz CT molecular complexity index is 426. The largest absolute Gasteiger partial charge is 0.398 e. The van der Waals surface area contributed by atoms with Gasteiger partial charge in [0.05, 0.1) is 0 Å². The highest BCUT2D eigenvalue weighted by Crippen LogP contribution is 2.21. The van der Waals surface area contributed by atoms with Gasteiger partial charge in [0.1, 0.15) is 12.0 Å². The van der Waals surface area contributed by atoms with Gasteiger partial charge in [-0.15, -0.1) is 0 Å². The first kappa shape index (κ1) is 10.5. The van der Waals surface area contributed by atoms with Crippen molar-refractivity contribution in [2.24, 2.45) is 0 Å². The Kier molecular flexibility index (Phi) is 3.87. The molecule has 4 heteroatoms. The number of nitrogen functional groups attached to an aromatic ring is 1. The number of aliphatic hydroxyl groups excluding tert-OH is 1. The molecule has 0 spiro atoms. The first-order chi connectivity index (χ1) is 6.77. The molecule has 0 aliphatic carbocycles. The second-order valence-electron chi connectivity index (χ2n) is 2.40. The zero-order valence-corrected chi connectivity index (χ0v) is 8.14. The topological polar surface area (TPSA) is 70.0 Å². The Labute approximate surface area is 86.5 Å². The quantitative estimate of drug-likeness (QED) is 0.312. The van der Waals surface area contributed by atoms with E-state index in [-0.39, 0.29) is 6.61 Å². The van der Waals surface area contributed by atoms with E-state index >= 15 is 0 Å². The molecule has 0 saturated carbocycles. The normalized spacial score (nSPS) is 8.57. The number of nitrogens with zero attached hydrogens (tertiary/aromatic N) is 1. The van der Waals surface area contributed by atoms with Crippen LogP contribution in [-0.2, 0) is 0 Å². The van der Waals surface area contributed by atoms with Crippen LogP contribution >= 0.6 is 11.8 Å². The summed E-state index contributed by atoms with van der Waals surface area (Å²) in [5, 5.41) is 18.9. The molecular formula is C10H8N2OS. The molecule has 0 fully saturated rings. The van der Waals surface area contributed by atoms with Crippen LogP contribution in [0.2, 0.25) is 0 Å². The summed E-state index contributed by atoms with van der Waals surface area (Å²) in [6, 6.07) is 5.18. The Balaban J connectivity index is 3.03. The van der Waals surface area contributed by atoms with Crippen molar-refractivity contribution in [1.82, 2.24) is 0 Å². The Hall–Kier alpha value is -1.62. The maximum atomic E-state index is 8.52. The number of nitrogens with two attached hydrogens (primary N) is 1. The standard InChI is InChI=1S/C10H8N2OS/c11-7-14-9-3-4-10(12)8(6-9)2-1-5-13/h3-4,6,13H,5,12H2. The van der Waals surface area contributed by atoms with Gasteiger partial charge < -0.3 is 10.8 Å². The molecule has 1 aromatic carbocycles. The van der Waals surface area contributed by atoms with Crippen molar-refractivity contribution in [2.45, 2.75) is 4.90 Å². The molecule has 0 aliphatic heterocycles. The fourth-order valence-electron chi connectivity index (χ4n) is 0.895. The van der Waals surface area contributed by atoms with Crippen molar-refractivity contribution in [2.75, 3.05) is 12.3 Å². The van der Waals surface area contributed by atoms with Gasteiger partial charge in [0, 0.05) is 16.1 Å². The molecule has 0 unspecified atom stereocenters. The van der Waals surface area contributed by atoms with Gasteiger partial charge in [-0.05, 0) is 30.0 Å². The van der Waals surface area contributed by atoms with E-state index in [2.05, 4.69) is 11.8 Å². The number of anilines is 1. The van der Waals surface area contributed by atoms with Crippen LogP contribution in [0.15, 0.2) is 23.1 Å². The summed E-state index contributed by atoms with van der Waals surface area (Å²) >= 11 is 1.05. The summed E-state index contributed by atoms with van der Waals surface area (Å²) in [5.41, 5.74) is 6.84. The van der Waals surface area contributed by atoms with Gasteiger partial charge in [-0.2, -0.15) is 5.26 Å². The van der Waals surface area contributed by atoms with E-state index in [9.17, 15) is 0 Å². The highest BCUT2D eigenvalue weighted by Gasteiger charge is 1.98. The summed E-state index contributed by atoms with van der Waals surface area (Å²) in [5.74, 6) is 5.22. The minimum absolute atomic E-state index is 0.199. The Morgan fingerprint density at radius 1 is 1.50 bits per heavy atom. The zero-order chi connectivity index (χ0) is 10.4. The monoisotopic (exact) mass is 204 g/mol. The van der Waals surface area contributed by atoms with Crippen LogP contribution in [0.1, 0.15) is 5.56 Å². The molecule has 1 rings (SSSR count). The van der Waals surface area contributed by atoms with Crippen molar-refractivity contribution in [3.05, 3.63) is 23.8 Å². The van der Waals surface area contributed by atoms with Crippen LogP contribution in [0.5, 0.6) is 0 Å². The number of aliphatic hydroxyl groups is 1. The molecule has 0 atom stereocenters. The van der Waals surface area contributed by atoms with Crippen molar-refractivity contribution in [1.29, 1.82) is 5.26 Å². The maximum absolute atomic E-state index is 8.52. The smallest absolute Gasteiger partial charge is 0.138 e. The third-order valence-corrected chi connectivity index (χ3v) is 2.07. The van der Waals surface area contributed by atoms with E-state index < -0.39 is 0 Å². The number of hydrogen-bond acceptors (Lipinski definition) is 4. The average molecular weight is 204 g/mol. The Morgan fingerprint density at radius 3 is 2.93 bits per heavy atom. The number of hydrogen-bond donors (Lipinski definition) is 2. The van der Waals surface area contributed by atoms with Gasteiger partial charge in [-0.3, -0.25) is 0 Å². The minimum Gasteiger partial charge on any atom is -0.398 e. The molecule has 0 aliphatic rings. The average Bonchev–Trinajstić information content (AvgIpc) is 2.19. The number of thioether (sulfide) groups is 1. The van der Waals surface area contributed by atoms with Crippen molar-refractivity contribution >= 4 is 17.4 Å². The van der Waals surface area contributed by atoms with E-state index in [1.807, 2.05) is 5.40 Å². The van der Waals surface area contributed by atoms with Crippen LogP contribution in [0, 0.1) is 22.5 Å². The molecule has 0 radical (unpaired) electrons. The molecular weight excluding hydrogens is 196 g/mol. The van der Waals surface area contributed by atoms with Gasteiger partial charge in [0.15, 0.2) is 0 Å². The van der Waals surface area contributed by atoms with E-state index in [0.29, 0.717) is 11.3 Å². The van der Waals surface area contributed by atoms with Crippen molar-refractivity contribution in [3.63, 3.8) is 0 Å². The lowest BCUT2D eigenvalue weighted by Gasteiger charge is -1.99. The fraction of sp³-hybridized carbons (Fsp3) is 0.100. The van der Waals surface area contributed by atoms with Crippen molar-refractivity contribution in [3.8, 4) is 17.2 Å². The first-order valence-corrected chi connectivity index (χ1v) is 4.64. The lowest BCUT2D eigenvalue weighted by atomic mass is 10.2. The maximum Gasteiger partial charge on any atom is 0.138 e. The van der Waals surface area contributed by atoms with Crippen LogP contribution < -0.4 is 5.73 Å². The highest BCUT2D eigenvalue weighted by atomic mass is 32.2. The van der Waals surface area contributed by atoms with Gasteiger partial charge in [-0.25, -0.2) is 0 Å². The molecule has 70 valence electrons. The third kappa shape index (κ3) is 2.70. The van der Waals surface area contributed by atoms with Crippen LogP contribution in [0.3, 0.4) is 0 Å². The molecule has 0 heterocycles. The SMILES string of the molecule is N#CSc1ccc(N)c(C#CCO)c1. The van der Waals surface area contributed by atoms with E-state index in [1.54, 1.807) is 18.2 Å². The van der Waals surface area contributed by atoms with Gasteiger partial charge >= 0.3 is 0 Å². The summed E-state index contributed by atoms with van der Waals surface area (Å²) < 4.78 is 0. The van der Waals surface area contributed by atoms with E-state index in [1.165, 1.54) is 0 Å². The molecule has 3 N–H and O–H groups in total. The molecule has 0 aromatic heterocycles. The fourth-order valence-corrected chi connectivity index (χ4v) is 1.31. The number of benzene rings is 1. The van der Waals surface area contributed by atoms with E-state index in [4.69, 9.17) is 16.1 Å². The second-order valence-corrected chi connectivity index (χ2v) is 3.26. The molecule has 0 saturated heterocycles. The van der Waals surface area contributed by atoms with Gasteiger partial charge in [-0.1, -0.05) is 11.8 Å². The lowest BCUT2D eigenvalue weighted by Crippen LogP contribution is -1.90. The zero-order valence-electron chi connectivity index (χ0n) is 7.32. The molecule has 0 amide bonds.